The van der Waals surface area contributed by atoms with Crippen LogP contribution >= 0.6 is 11.3 Å². The van der Waals surface area contributed by atoms with Crippen LogP contribution < -0.4 is 0 Å². The number of carbonyl (C=O) groups excluding carboxylic acids is 1. The summed E-state index contributed by atoms with van der Waals surface area (Å²) in [5, 5.41) is 14.2. The van der Waals surface area contributed by atoms with Crippen molar-refractivity contribution in [2.75, 3.05) is 6.54 Å². The van der Waals surface area contributed by atoms with E-state index in [0.717, 1.165) is 18.4 Å². The molecule has 1 aromatic carbocycles. The molecule has 1 aromatic heterocycles. The van der Waals surface area contributed by atoms with Gasteiger partial charge in [-0.15, -0.1) is 0 Å². The van der Waals surface area contributed by atoms with E-state index < -0.39 is 6.10 Å². The van der Waals surface area contributed by atoms with E-state index in [-0.39, 0.29) is 24.3 Å². The number of carbonyl (C=O) groups is 1. The first-order valence-corrected chi connectivity index (χ1v) is 8.28. The minimum absolute atomic E-state index is 0.0255. The second-order valence-corrected chi connectivity index (χ2v) is 6.47. The maximum atomic E-state index is 13.0. The summed E-state index contributed by atoms with van der Waals surface area (Å²) < 4.78 is 13.0. The number of hydrogen-bond donors (Lipinski definition) is 1. The predicted octanol–water partition coefficient (Wildman–Crippen LogP) is 3.53. The standard InChI is InChI=1S/C17H18FNO2S/c1-11-9-22-10-15(11)17(21)19(14-6-7-14)8-16(20)12-2-4-13(18)5-3-12/h2-5,9-10,14,16,20H,6-8H2,1H3. The van der Waals surface area contributed by atoms with E-state index in [1.807, 2.05) is 17.7 Å². The van der Waals surface area contributed by atoms with Gasteiger partial charge in [-0.25, -0.2) is 4.39 Å². The Balaban J connectivity index is 1.76. The van der Waals surface area contributed by atoms with Crippen molar-refractivity contribution in [3.63, 3.8) is 0 Å². The highest BCUT2D eigenvalue weighted by Crippen LogP contribution is 2.31. The number of halogens is 1. The van der Waals surface area contributed by atoms with Crippen LogP contribution in [0.15, 0.2) is 35.0 Å². The average Bonchev–Trinajstić information content (AvgIpc) is 3.26. The first-order chi connectivity index (χ1) is 10.6. The topological polar surface area (TPSA) is 40.5 Å². The summed E-state index contributed by atoms with van der Waals surface area (Å²) in [6.07, 6.45) is 1.15. The zero-order valence-corrected chi connectivity index (χ0v) is 13.1. The highest BCUT2D eigenvalue weighted by Gasteiger charge is 2.35. The molecule has 2 aromatic rings. The van der Waals surface area contributed by atoms with Crippen molar-refractivity contribution in [1.29, 1.82) is 0 Å². The van der Waals surface area contributed by atoms with Crippen molar-refractivity contribution in [1.82, 2.24) is 4.90 Å². The quantitative estimate of drug-likeness (QED) is 0.916. The van der Waals surface area contributed by atoms with Gasteiger partial charge in [0.2, 0.25) is 0 Å². The van der Waals surface area contributed by atoms with Crippen molar-refractivity contribution in [2.45, 2.75) is 31.9 Å². The SMILES string of the molecule is Cc1cscc1C(=O)N(CC(O)c1ccc(F)cc1)C1CC1. The second kappa shape index (κ2) is 6.18. The summed E-state index contributed by atoms with van der Waals surface area (Å²) in [6, 6.07) is 5.98. The van der Waals surface area contributed by atoms with E-state index in [1.54, 1.807) is 17.0 Å². The van der Waals surface area contributed by atoms with Gasteiger partial charge in [-0.05, 0) is 48.4 Å². The summed E-state index contributed by atoms with van der Waals surface area (Å²) in [6.45, 7) is 2.16. The lowest BCUT2D eigenvalue weighted by Gasteiger charge is -2.25. The van der Waals surface area contributed by atoms with Crippen LogP contribution in [0.4, 0.5) is 4.39 Å². The van der Waals surface area contributed by atoms with Crippen LogP contribution in [-0.4, -0.2) is 28.5 Å². The number of benzene rings is 1. The Hall–Kier alpha value is -1.72. The van der Waals surface area contributed by atoms with Gasteiger partial charge >= 0.3 is 0 Å². The molecule has 1 saturated carbocycles. The van der Waals surface area contributed by atoms with E-state index >= 15 is 0 Å². The number of hydrogen-bond acceptors (Lipinski definition) is 3. The van der Waals surface area contributed by atoms with Crippen LogP contribution in [0.1, 0.15) is 40.4 Å². The molecule has 0 aliphatic heterocycles. The molecule has 22 heavy (non-hydrogen) atoms. The molecular weight excluding hydrogens is 301 g/mol. The van der Waals surface area contributed by atoms with Crippen molar-refractivity contribution in [3.8, 4) is 0 Å². The molecule has 0 saturated heterocycles. The molecule has 3 nitrogen and oxygen atoms in total. The Labute approximate surface area is 133 Å². The third-order valence-electron chi connectivity index (χ3n) is 3.96. The molecule has 1 unspecified atom stereocenters. The van der Waals surface area contributed by atoms with Crippen molar-refractivity contribution in [2.24, 2.45) is 0 Å². The molecule has 1 atom stereocenters. The van der Waals surface area contributed by atoms with Gasteiger partial charge in [-0.2, -0.15) is 11.3 Å². The molecule has 116 valence electrons. The van der Waals surface area contributed by atoms with Crippen LogP contribution in [0.5, 0.6) is 0 Å². The predicted molar refractivity (Wildman–Crippen MR) is 84.5 cm³/mol. The Bertz CT molecular complexity index is 664. The Morgan fingerprint density at radius 2 is 2.05 bits per heavy atom. The number of nitrogens with zero attached hydrogens (tertiary/aromatic N) is 1. The van der Waals surface area contributed by atoms with Crippen LogP contribution in [0.2, 0.25) is 0 Å². The molecule has 0 spiro atoms. The zero-order chi connectivity index (χ0) is 15.7. The molecule has 1 N–H and O–H groups in total. The lowest BCUT2D eigenvalue weighted by Crippen LogP contribution is -2.36. The Morgan fingerprint density at radius 3 is 2.59 bits per heavy atom. The summed E-state index contributed by atoms with van der Waals surface area (Å²) in [4.78, 5) is 14.4. The molecule has 1 heterocycles. The maximum Gasteiger partial charge on any atom is 0.255 e. The first kappa shape index (κ1) is 15.2. The lowest BCUT2D eigenvalue weighted by molar-refractivity contribution is 0.0603. The fourth-order valence-electron chi connectivity index (χ4n) is 2.50. The molecule has 3 rings (SSSR count). The van der Waals surface area contributed by atoms with Crippen LogP contribution in [0.3, 0.4) is 0 Å². The van der Waals surface area contributed by atoms with E-state index in [9.17, 15) is 14.3 Å². The first-order valence-electron chi connectivity index (χ1n) is 7.33. The second-order valence-electron chi connectivity index (χ2n) is 5.72. The van der Waals surface area contributed by atoms with E-state index in [1.165, 1.54) is 23.5 Å². The fraction of sp³-hybridized carbons (Fsp3) is 0.353. The molecule has 1 amide bonds. The van der Waals surface area contributed by atoms with E-state index in [0.29, 0.717) is 11.1 Å². The minimum Gasteiger partial charge on any atom is -0.387 e. The molecule has 1 aliphatic carbocycles. The van der Waals surface area contributed by atoms with Crippen LogP contribution in [-0.2, 0) is 0 Å². The van der Waals surface area contributed by atoms with Gasteiger partial charge in [0, 0.05) is 11.4 Å². The third kappa shape index (κ3) is 3.20. The number of aliphatic hydroxyl groups is 1. The summed E-state index contributed by atoms with van der Waals surface area (Å²) in [5.41, 5.74) is 2.31. The van der Waals surface area contributed by atoms with Crippen LogP contribution in [0, 0.1) is 12.7 Å². The largest absolute Gasteiger partial charge is 0.387 e. The summed E-state index contributed by atoms with van der Waals surface area (Å²) in [5.74, 6) is -0.359. The number of aliphatic hydroxyl groups excluding tert-OH is 1. The number of aryl methyl sites for hydroxylation is 1. The number of rotatable bonds is 5. The molecule has 1 fully saturated rings. The fourth-order valence-corrected chi connectivity index (χ4v) is 3.32. The highest BCUT2D eigenvalue weighted by atomic mass is 32.1. The van der Waals surface area contributed by atoms with Gasteiger partial charge in [-0.3, -0.25) is 4.79 Å². The van der Waals surface area contributed by atoms with Gasteiger partial charge in [0.05, 0.1) is 18.2 Å². The van der Waals surface area contributed by atoms with Crippen molar-refractivity contribution < 1.29 is 14.3 Å². The van der Waals surface area contributed by atoms with Gasteiger partial charge in [-0.1, -0.05) is 12.1 Å². The summed E-state index contributed by atoms with van der Waals surface area (Å²) >= 11 is 1.51. The zero-order valence-electron chi connectivity index (χ0n) is 12.3. The third-order valence-corrected chi connectivity index (χ3v) is 4.82. The molecular formula is C17H18FNO2S. The Morgan fingerprint density at radius 1 is 1.36 bits per heavy atom. The van der Waals surface area contributed by atoms with E-state index in [4.69, 9.17) is 0 Å². The number of thiophene rings is 1. The molecule has 0 bridgehead atoms. The van der Waals surface area contributed by atoms with Gasteiger partial charge < -0.3 is 10.0 Å². The minimum atomic E-state index is -0.802. The van der Waals surface area contributed by atoms with Gasteiger partial charge in [0.15, 0.2) is 0 Å². The lowest BCUT2D eigenvalue weighted by atomic mass is 10.1. The van der Waals surface area contributed by atoms with Crippen LogP contribution in [0.25, 0.3) is 0 Å². The van der Waals surface area contributed by atoms with E-state index in [2.05, 4.69) is 0 Å². The van der Waals surface area contributed by atoms with Gasteiger partial charge in [0.25, 0.3) is 5.91 Å². The summed E-state index contributed by atoms with van der Waals surface area (Å²) in [7, 11) is 0. The average molecular weight is 319 g/mol. The Kier molecular flexibility index (Phi) is 4.27. The van der Waals surface area contributed by atoms with Crippen molar-refractivity contribution >= 4 is 17.2 Å². The van der Waals surface area contributed by atoms with Crippen molar-refractivity contribution in [3.05, 3.63) is 57.5 Å². The molecule has 1 aliphatic rings. The number of amides is 1. The smallest absolute Gasteiger partial charge is 0.255 e. The molecule has 0 radical (unpaired) electrons. The monoisotopic (exact) mass is 319 g/mol. The normalized spacial score (nSPS) is 15.6. The van der Waals surface area contributed by atoms with Gasteiger partial charge in [0.1, 0.15) is 5.82 Å². The highest BCUT2D eigenvalue weighted by molar-refractivity contribution is 7.08. The maximum absolute atomic E-state index is 13.0. The molecule has 5 heteroatoms.